The van der Waals surface area contributed by atoms with Gasteiger partial charge in [-0.2, -0.15) is 0 Å². The molecule has 2 rings (SSSR count). The van der Waals surface area contributed by atoms with Gasteiger partial charge in [0.25, 0.3) is 0 Å². The molecule has 0 heterocycles. The van der Waals surface area contributed by atoms with Crippen molar-refractivity contribution in [3.8, 4) is 0 Å². The number of nitrogens with two attached hydrogens (primary N) is 1. The van der Waals surface area contributed by atoms with E-state index in [-0.39, 0.29) is 6.04 Å². The fourth-order valence-electron chi connectivity index (χ4n) is 2.06. The SMILES string of the molecule is Cc1ccc(N[C@H]2CCC[C@@H]2N)cc1Cl. The van der Waals surface area contributed by atoms with E-state index in [1.807, 2.05) is 19.1 Å². The highest BCUT2D eigenvalue weighted by Gasteiger charge is 2.23. The molecule has 0 bridgehead atoms. The predicted octanol–water partition coefficient (Wildman–Crippen LogP) is 2.94. The summed E-state index contributed by atoms with van der Waals surface area (Å²) in [6, 6.07) is 6.76. The zero-order valence-corrected chi connectivity index (χ0v) is 9.72. The fourth-order valence-corrected chi connectivity index (χ4v) is 2.25. The van der Waals surface area contributed by atoms with Crippen LogP contribution < -0.4 is 11.1 Å². The summed E-state index contributed by atoms with van der Waals surface area (Å²) >= 11 is 6.06. The summed E-state index contributed by atoms with van der Waals surface area (Å²) in [7, 11) is 0. The van der Waals surface area contributed by atoms with Gasteiger partial charge in [0.1, 0.15) is 0 Å². The molecular formula is C12H17ClN2. The second-order valence-electron chi connectivity index (χ2n) is 4.31. The molecule has 1 fully saturated rings. The number of anilines is 1. The van der Waals surface area contributed by atoms with Gasteiger partial charge in [-0.15, -0.1) is 0 Å². The van der Waals surface area contributed by atoms with Gasteiger partial charge in [-0.3, -0.25) is 0 Å². The van der Waals surface area contributed by atoms with Gasteiger partial charge >= 0.3 is 0 Å². The molecular weight excluding hydrogens is 208 g/mol. The van der Waals surface area contributed by atoms with Crippen molar-refractivity contribution in [2.45, 2.75) is 38.3 Å². The van der Waals surface area contributed by atoms with E-state index in [9.17, 15) is 0 Å². The van der Waals surface area contributed by atoms with Crippen LogP contribution in [-0.2, 0) is 0 Å². The van der Waals surface area contributed by atoms with Crippen molar-refractivity contribution in [1.82, 2.24) is 0 Å². The molecule has 0 aromatic heterocycles. The Morgan fingerprint density at radius 3 is 2.80 bits per heavy atom. The van der Waals surface area contributed by atoms with Crippen LogP contribution in [0.1, 0.15) is 24.8 Å². The third-order valence-electron chi connectivity index (χ3n) is 3.09. The van der Waals surface area contributed by atoms with Crippen LogP contribution in [0, 0.1) is 6.92 Å². The molecule has 0 saturated heterocycles. The molecule has 15 heavy (non-hydrogen) atoms. The molecule has 0 amide bonds. The van der Waals surface area contributed by atoms with Gasteiger partial charge in [-0.1, -0.05) is 17.7 Å². The Labute approximate surface area is 95.8 Å². The third-order valence-corrected chi connectivity index (χ3v) is 3.50. The Morgan fingerprint density at radius 1 is 1.40 bits per heavy atom. The number of aryl methyl sites for hydroxylation is 1. The lowest BCUT2D eigenvalue weighted by atomic mass is 10.1. The first-order chi connectivity index (χ1) is 7.16. The molecule has 0 radical (unpaired) electrons. The summed E-state index contributed by atoms with van der Waals surface area (Å²) in [4.78, 5) is 0. The second-order valence-corrected chi connectivity index (χ2v) is 4.72. The number of hydrogen-bond donors (Lipinski definition) is 2. The zero-order chi connectivity index (χ0) is 10.8. The first kappa shape index (κ1) is 10.8. The van der Waals surface area contributed by atoms with Crippen molar-refractivity contribution in [2.24, 2.45) is 5.73 Å². The number of halogens is 1. The third kappa shape index (κ3) is 2.44. The van der Waals surface area contributed by atoms with E-state index in [0.29, 0.717) is 6.04 Å². The largest absolute Gasteiger partial charge is 0.381 e. The first-order valence-electron chi connectivity index (χ1n) is 5.45. The molecule has 3 heteroatoms. The van der Waals surface area contributed by atoms with E-state index in [1.165, 1.54) is 6.42 Å². The minimum atomic E-state index is 0.282. The number of benzene rings is 1. The minimum absolute atomic E-state index is 0.282. The summed E-state index contributed by atoms with van der Waals surface area (Å²) in [5.74, 6) is 0. The lowest BCUT2D eigenvalue weighted by molar-refractivity contribution is 0.638. The molecule has 0 spiro atoms. The van der Waals surface area contributed by atoms with Crippen LogP contribution in [0.2, 0.25) is 5.02 Å². The van der Waals surface area contributed by atoms with Crippen LogP contribution in [0.5, 0.6) is 0 Å². The average Bonchev–Trinajstić information content (AvgIpc) is 2.59. The molecule has 0 unspecified atom stereocenters. The van der Waals surface area contributed by atoms with E-state index in [0.717, 1.165) is 29.1 Å². The van der Waals surface area contributed by atoms with E-state index in [2.05, 4.69) is 11.4 Å². The Morgan fingerprint density at radius 2 is 2.20 bits per heavy atom. The summed E-state index contributed by atoms with van der Waals surface area (Å²) in [6.45, 7) is 2.01. The lowest BCUT2D eigenvalue weighted by Gasteiger charge is -2.18. The molecule has 1 saturated carbocycles. The van der Waals surface area contributed by atoms with Crippen LogP contribution in [0.3, 0.4) is 0 Å². The van der Waals surface area contributed by atoms with Gasteiger partial charge in [0, 0.05) is 22.8 Å². The van der Waals surface area contributed by atoms with Crippen molar-refractivity contribution in [3.63, 3.8) is 0 Å². The summed E-state index contributed by atoms with van der Waals surface area (Å²) in [5.41, 5.74) is 8.19. The summed E-state index contributed by atoms with van der Waals surface area (Å²) in [5, 5.41) is 4.26. The van der Waals surface area contributed by atoms with Gasteiger partial charge in [-0.05, 0) is 43.9 Å². The molecule has 1 aromatic carbocycles. The Balaban J connectivity index is 2.07. The normalized spacial score (nSPS) is 25.5. The van der Waals surface area contributed by atoms with Gasteiger partial charge in [-0.25, -0.2) is 0 Å². The Kier molecular flexibility index (Phi) is 3.17. The van der Waals surface area contributed by atoms with Crippen molar-refractivity contribution in [2.75, 3.05) is 5.32 Å². The van der Waals surface area contributed by atoms with E-state index in [1.54, 1.807) is 0 Å². The van der Waals surface area contributed by atoms with Crippen LogP contribution in [0.25, 0.3) is 0 Å². The van der Waals surface area contributed by atoms with E-state index < -0.39 is 0 Å². The van der Waals surface area contributed by atoms with Crippen LogP contribution in [0.15, 0.2) is 18.2 Å². The maximum Gasteiger partial charge on any atom is 0.0455 e. The Hall–Kier alpha value is -0.730. The van der Waals surface area contributed by atoms with Crippen molar-refractivity contribution >= 4 is 17.3 Å². The smallest absolute Gasteiger partial charge is 0.0455 e. The maximum atomic E-state index is 6.06. The number of rotatable bonds is 2. The van der Waals surface area contributed by atoms with Crippen molar-refractivity contribution in [3.05, 3.63) is 28.8 Å². The molecule has 1 aliphatic rings. The van der Waals surface area contributed by atoms with Gasteiger partial charge in [0.2, 0.25) is 0 Å². The standard InChI is InChI=1S/C12H17ClN2/c1-8-5-6-9(7-10(8)13)15-12-4-2-3-11(12)14/h5-7,11-12,15H,2-4,14H2,1H3/t11-,12-/m0/s1. The van der Waals surface area contributed by atoms with E-state index >= 15 is 0 Å². The van der Waals surface area contributed by atoms with E-state index in [4.69, 9.17) is 17.3 Å². The first-order valence-corrected chi connectivity index (χ1v) is 5.83. The van der Waals surface area contributed by atoms with Gasteiger partial charge in [0.05, 0.1) is 0 Å². The highest BCUT2D eigenvalue weighted by Crippen LogP contribution is 2.24. The van der Waals surface area contributed by atoms with Gasteiger partial charge < -0.3 is 11.1 Å². The van der Waals surface area contributed by atoms with Crippen LogP contribution >= 0.6 is 11.6 Å². The zero-order valence-electron chi connectivity index (χ0n) is 8.96. The molecule has 82 valence electrons. The predicted molar refractivity (Wildman–Crippen MR) is 65.4 cm³/mol. The molecule has 3 N–H and O–H groups in total. The summed E-state index contributed by atoms with van der Waals surface area (Å²) in [6.07, 6.45) is 3.50. The molecule has 2 atom stereocenters. The Bertz CT molecular complexity index is 351. The molecule has 1 aliphatic carbocycles. The van der Waals surface area contributed by atoms with Crippen molar-refractivity contribution < 1.29 is 0 Å². The average molecular weight is 225 g/mol. The second kappa shape index (κ2) is 4.42. The maximum absolute atomic E-state index is 6.06. The number of nitrogens with one attached hydrogen (secondary N) is 1. The van der Waals surface area contributed by atoms with Gasteiger partial charge in [0.15, 0.2) is 0 Å². The minimum Gasteiger partial charge on any atom is -0.381 e. The summed E-state index contributed by atoms with van der Waals surface area (Å²) < 4.78 is 0. The highest BCUT2D eigenvalue weighted by molar-refractivity contribution is 6.31. The number of hydrogen-bond acceptors (Lipinski definition) is 2. The molecule has 2 nitrogen and oxygen atoms in total. The molecule has 0 aliphatic heterocycles. The highest BCUT2D eigenvalue weighted by atomic mass is 35.5. The quantitative estimate of drug-likeness (QED) is 0.811. The van der Waals surface area contributed by atoms with Crippen molar-refractivity contribution in [1.29, 1.82) is 0 Å². The van der Waals surface area contributed by atoms with Crippen LogP contribution in [0.4, 0.5) is 5.69 Å². The lowest BCUT2D eigenvalue weighted by Crippen LogP contribution is -2.35. The monoisotopic (exact) mass is 224 g/mol. The van der Waals surface area contributed by atoms with Crippen LogP contribution in [-0.4, -0.2) is 12.1 Å². The fraction of sp³-hybridized carbons (Fsp3) is 0.500. The topological polar surface area (TPSA) is 38.0 Å². The molecule has 1 aromatic rings.